The van der Waals surface area contributed by atoms with Gasteiger partial charge in [-0.3, -0.25) is 4.79 Å². The van der Waals surface area contributed by atoms with E-state index in [4.69, 9.17) is 0 Å². The van der Waals surface area contributed by atoms with Gasteiger partial charge in [0.25, 0.3) is 5.56 Å². The molecule has 0 radical (unpaired) electrons. The topological polar surface area (TPSA) is 45.8 Å². The van der Waals surface area contributed by atoms with E-state index in [-0.39, 0.29) is 11.7 Å². The molecule has 1 N–H and O–H groups in total. The first-order valence-corrected chi connectivity index (χ1v) is 3.99. The van der Waals surface area contributed by atoms with Crippen molar-refractivity contribution in [1.29, 1.82) is 0 Å². The maximum atomic E-state index is 12.2. The molecule has 78 valence electrons. The van der Waals surface area contributed by atoms with Crippen LogP contribution in [0.4, 0.5) is 13.2 Å². The molecule has 1 aromatic heterocycles. The van der Waals surface area contributed by atoms with Crippen molar-refractivity contribution in [2.24, 2.45) is 0 Å². The van der Waals surface area contributed by atoms with E-state index in [0.717, 1.165) is 0 Å². The Balaban J connectivity index is 3.28. The molecule has 0 spiro atoms. The Hall–Kier alpha value is -1.33. The van der Waals surface area contributed by atoms with E-state index in [2.05, 4.69) is 9.97 Å². The van der Waals surface area contributed by atoms with Gasteiger partial charge in [0.1, 0.15) is 5.82 Å². The van der Waals surface area contributed by atoms with E-state index in [9.17, 15) is 18.0 Å². The van der Waals surface area contributed by atoms with Crippen LogP contribution < -0.4 is 5.56 Å². The smallest absolute Gasteiger partial charge is 0.310 e. The van der Waals surface area contributed by atoms with E-state index in [1.165, 1.54) is 0 Å². The van der Waals surface area contributed by atoms with Gasteiger partial charge in [0.2, 0.25) is 0 Å². The van der Waals surface area contributed by atoms with Crippen LogP contribution in [-0.2, 0) is 6.18 Å². The van der Waals surface area contributed by atoms with Crippen LogP contribution in [0.15, 0.2) is 10.9 Å². The first kappa shape index (κ1) is 10.7. The lowest BCUT2D eigenvalue weighted by Crippen LogP contribution is -2.19. The maximum Gasteiger partial charge on any atom is 0.433 e. The molecule has 0 saturated heterocycles. The fourth-order valence-corrected chi connectivity index (χ4v) is 0.895. The lowest BCUT2D eigenvalue weighted by molar-refractivity contribution is -0.141. The zero-order chi connectivity index (χ0) is 10.9. The van der Waals surface area contributed by atoms with E-state index in [0.29, 0.717) is 6.07 Å². The van der Waals surface area contributed by atoms with Crippen molar-refractivity contribution in [1.82, 2.24) is 9.97 Å². The Morgan fingerprint density at radius 2 is 2.00 bits per heavy atom. The first-order valence-electron chi connectivity index (χ1n) is 3.99. The van der Waals surface area contributed by atoms with Crippen molar-refractivity contribution >= 4 is 0 Å². The first-order chi connectivity index (χ1) is 6.30. The number of rotatable bonds is 1. The van der Waals surface area contributed by atoms with Crippen molar-refractivity contribution < 1.29 is 13.2 Å². The van der Waals surface area contributed by atoms with E-state index in [1.807, 2.05) is 0 Å². The van der Waals surface area contributed by atoms with Crippen LogP contribution >= 0.6 is 0 Å². The number of halogens is 3. The van der Waals surface area contributed by atoms with Gasteiger partial charge in [-0.1, -0.05) is 13.8 Å². The molecule has 0 fully saturated rings. The molecule has 0 atom stereocenters. The van der Waals surface area contributed by atoms with Gasteiger partial charge >= 0.3 is 6.18 Å². The summed E-state index contributed by atoms with van der Waals surface area (Å²) in [5.41, 5.74) is -1.93. The molecule has 0 aliphatic rings. The molecular weight excluding hydrogens is 197 g/mol. The number of hydrogen-bond acceptors (Lipinski definition) is 2. The fourth-order valence-electron chi connectivity index (χ4n) is 0.895. The van der Waals surface area contributed by atoms with Crippen LogP contribution in [0.5, 0.6) is 0 Å². The molecule has 6 heteroatoms. The van der Waals surface area contributed by atoms with Crippen molar-refractivity contribution in [3.8, 4) is 0 Å². The summed E-state index contributed by atoms with van der Waals surface area (Å²) in [6.07, 6.45) is -4.57. The molecule has 0 aromatic carbocycles. The third-order valence-electron chi connectivity index (χ3n) is 1.60. The quantitative estimate of drug-likeness (QED) is 0.762. The van der Waals surface area contributed by atoms with Gasteiger partial charge in [-0.05, 0) is 0 Å². The molecule has 14 heavy (non-hydrogen) atoms. The van der Waals surface area contributed by atoms with Crippen LogP contribution in [0.2, 0.25) is 0 Å². The van der Waals surface area contributed by atoms with Gasteiger partial charge in [-0.25, -0.2) is 4.98 Å². The average molecular weight is 206 g/mol. The summed E-state index contributed by atoms with van der Waals surface area (Å²) in [4.78, 5) is 16.4. The third-order valence-corrected chi connectivity index (χ3v) is 1.60. The van der Waals surface area contributed by atoms with Crippen molar-refractivity contribution in [3.05, 3.63) is 27.9 Å². The lowest BCUT2D eigenvalue weighted by Gasteiger charge is -2.08. The highest BCUT2D eigenvalue weighted by atomic mass is 19.4. The third kappa shape index (κ3) is 2.34. The second kappa shape index (κ2) is 3.43. The minimum atomic E-state index is -4.57. The highest BCUT2D eigenvalue weighted by Crippen LogP contribution is 2.26. The number of H-pyrrole nitrogens is 1. The van der Waals surface area contributed by atoms with Gasteiger partial charge in [0.15, 0.2) is 5.69 Å². The van der Waals surface area contributed by atoms with E-state index >= 15 is 0 Å². The number of alkyl halides is 3. The number of nitrogens with one attached hydrogen (secondary N) is 1. The maximum absolute atomic E-state index is 12.2. The van der Waals surface area contributed by atoms with Gasteiger partial charge < -0.3 is 4.98 Å². The minimum absolute atomic E-state index is 0.0461. The molecule has 1 aromatic rings. The second-order valence-electron chi connectivity index (χ2n) is 3.17. The Bertz CT molecular complexity index is 381. The fraction of sp³-hybridized carbons (Fsp3) is 0.500. The Kier molecular flexibility index (Phi) is 2.64. The average Bonchev–Trinajstić information content (AvgIpc) is 2.01. The molecule has 1 rings (SSSR count). The summed E-state index contributed by atoms with van der Waals surface area (Å²) in [5.74, 6) is -0.199. The van der Waals surface area contributed by atoms with Gasteiger partial charge in [0.05, 0.1) is 0 Å². The van der Waals surface area contributed by atoms with E-state index < -0.39 is 17.4 Å². The van der Waals surface area contributed by atoms with Crippen LogP contribution in [0.3, 0.4) is 0 Å². The molecule has 1 heterocycles. The zero-order valence-electron chi connectivity index (χ0n) is 7.64. The predicted octanol–water partition coefficient (Wildman–Crippen LogP) is 1.91. The Morgan fingerprint density at radius 3 is 2.43 bits per heavy atom. The summed E-state index contributed by atoms with van der Waals surface area (Å²) in [5, 5.41) is 0. The highest BCUT2D eigenvalue weighted by Gasteiger charge is 2.33. The number of aromatic amines is 1. The zero-order valence-corrected chi connectivity index (χ0v) is 7.64. The molecule has 0 aliphatic carbocycles. The normalized spacial score (nSPS) is 12.1. The van der Waals surface area contributed by atoms with Gasteiger partial charge in [-0.2, -0.15) is 13.2 Å². The second-order valence-corrected chi connectivity index (χ2v) is 3.17. The molecule has 0 amide bonds. The molecular formula is C8H9F3N2O. The van der Waals surface area contributed by atoms with Crippen molar-refractivity contribution in [2.45, 2.75) is 25.9 Å². The lowest BCUT2D eigenvalue weighted by atomic mass is 10.2. The molecule has 3 nitrogen and oxygen atoms in total. The number of aromatic nitrogens is 2. The summed E-state index contributed by atoms with van der Waals surface area (Å²) in [6, 6.07) is 0.450. The molecule has 0 unspecified atom stereocenters. The summed E-state index contributed by atoms with van der Waals surface area (Å²) in [6.45, 7) is 3.30. The van der Waals surface area contributed by atoms with Gasteiger partial charge in [-0.15, -0.1) is 0 Å². The summed E-state index contributed by atoms with van der Waals surface area (Å²) in [7, 11) is 0. The molecule has 0 bridgehead atoms. The van der Waals surface area contributed by atoms with Crippen LogP contribution in [0, 0.1) is 0 Å². The SMILES string of the molecule is CC(C)c1nc(C(F)(F)F)cc(=O)[nH]1. The Labute approximate surface area is 78.0 Å². The number of hydrogen-bond donors (Lipinski definition) is 1. The molecule has 0 aliphatic heterocycles. The van der Waals surface area contributed by atoms with Crippen LogP contribution in [0.1, 0.15) is 31.3 Å². The summed E-state index contributed by atoms with van der Waals surface area (Å²) >= 11 is 0. The largest absolute Gasteiger partial charge is 0.433 e. The predicted molar refractivity (Wildman–Crippen MR) is 43.9 cm³/mol. The van der Waals surface area contributed by atoms with Crippen molar-refractivity contribution in [3.63, 3.8) is 0 Å². The monoisotopic (exact) mass is 206 g/mol. The summed E-state index contributed by atoms with van der Waals surface area (Å²) < 4.78 is 36.6. The van der Waals surface area contributed by atoms with Gasteiger partial charge in [0, 0.05) is 12.0 Å². The van der Waals surface area contributed by atoms with Crippen molar-refractivity contribution in [2.75, 3.05) is 0 Å². The van der Waals surface area contributed by atoms with E-state index in [1.54, 1.807) is 13.8 Å². The Morgan fingerprint density at radius 1 is 1.43 bits per heavy atom. The minimum Gasteiger partial charge on any atom is -0.310 e. The standard InChI is InChI=1S/C8H9F3N2O/c1-4(2)7-12-5(8(9,10)11)3-6(14)13-7/h3-4H,1-2H3,(H,12,13,14). The number of nitrogens with zero attached hydrogens (tertiary/aromatic N) is 1. The highest BCUT2D eigenvalue weighted by molar-refractivity contribution is 5.08. The van der Waals surface area contributed by atoms with Crippen LogP contribution in [-0.4, -0.2) is 9.97 Å². The molecule has 0 saturated carbocycles. The van der Waals surface area contributed by atoms with Crippen LogP contribution in [0.25, 0.3) is 0 Å².